The zero-order valence-corrected chi connectivity index (χ0v) is 20.0. The van der Waals surface area contributed by atoms with Gasteiger partial charge in [0.2, 0.25) is 5.91 Å². The Kier molecular flexibility index (Phi) is 6.64. The standard InChI is InChI=1S/C25H29N9O/c1-17-6-7-18(31-21(35)14-34-10-4-9-33(2)11-12-34)13-20(17)32-24-19(5-3-8-26-24)22-23-25(29-15-27-22)30-16-28-23/h3,5-8,13,15-16H,4,9-12,14H2,1-2H3,(H,26,32)(H,31,35)(H,27,28,29,30). The number of aromatic amines is 1. The minimum absolute atomic E-state index is 0.00879. The molecule has 10 heteroatoms. The number of hydrogen-bond donors (Lipinski definition) is 3. The van der Waals surface area contributed by atoms with Crippen LogP contribution in [0.1, 0.15) is 12.0 Å². The zero-order chi connectivity index (χ0) is 24.2. The number of nitrogens with zero attached hydrogens (tertiary/aromatic N) is 6. The van der Waals surface area contributed by atoms with Crippen LogP contribution < -0.4 is 10.6 Å². The second-order valence-electron chi connectivity index (χ2n) is 8.86. The molecule has 0 spiro atoms. The summed E-state index contributed by atoms with van der Waals surface area (Å²) < 4.78 is 0. The molecule has 180 valence electrons. The minimum atomic E-state index is -0.00879. The average Bonchev–Trinajstić information content (AvgIpc) is 3.25. The molecule has 0 bridgehead atoms. The zero-order valence-electron chi connectivity index (χ0n) is 20.0. The van der Waals surface area contributed by atoms with Gasteiger partial charge in [-0.15, -0.1) is 0 Å². The number of anilines is 3. The van der Waals surface area contributed by atoms with Gasteiger partial charge in [-0.25, -0.2) is 19.9 Å². The number of hydrogen-bond acceptors (Lipinski definition) is 8. The molecule has 1 aliphatic rings. The summed E-state index contributed by atoms with van der Waals surface area (Å²) in [5.74, 6) is 0.646. The predicted molar refractivity (Wildman–Crippen MR) is 137 cm³/mol. The molecule has 1 amide bonds. The molecule has 1 aromatic carbocycles. The van der Waals surface area contributed by atoms with Gasteiger partial charge in [-0.2, -0.15) is 0 Å². The molecule has 3 aromatic heterocycles. The van der Waals surface area contributed by atoms with Gasteiger partial charge in [0.15, 0.2) is 5.65 Å². The van der Waals surface area contributed by atoms with Crippen LogP contribution >= 0.6 is 0 Å². The number of carbonyl (C=O) groups excluding carboxylic acids is 1. The minimum Gasteiger partial charge on any atom is -0.341 e. The van der Waals surface area contributed by atoms with Gasteiger partial charge in [-0.3, -0.25) is 9.69 Å². The van der Waals surface area contributed by atoms with Crippen molar-refractivity contribution < 1.29 is 4.79 Å². The molecular formula is C25H29N9O. The third-order valence-electron chi connectivity index (χ3n) is 6.24. The summed E-state index contributed by atoms with van der Waals surface area (Å²) in [5.41, 5.74) is 5.52. The van der Waals surface area contributed by atoms with Crippen molar-refractivity contribution in [3.63, 3.8) is 0 Å². The highest BCUT2D eigenvalue weighted by molar-refractivity contribution is 5.94. The first kappa shape index (κ1) is 22.9. The Bertz CT molecular complexity index is 1340. The second-order valence-corrected chi connectivity index (χ2v) is 8.86. The first-order valence-electron chi connectivity index (χ1n) is 11.7. The van der Waals surface area contributed by atoms with Gasteiger partial charge < -0.3 is 20.5 Å². The van der Waals surface area contributed by atoms with Crippen LogP contribution in [-0.2, 0) is 4.79 Å². The van der Waals surface area contributed by atoms with E-state index in [1.54, 1.807) is 12.5 Å². The number of likely N-dealkylation sites (N-methyl/N-ethyl adjacent to an activating group) is 1. The Morgan fingerprint density at radius 3 is 2.91 bits per heavy atom. The van der Waals surface area contributed by atoms with Crippen LogP contribution in [0.15, 0.2) is 49.2 Å². The highest BCUT2D eigenvalue weighted by atomic mass is 16.2. The fourth-order valence-corrected chi connectivity index (χ4v) is 4.29. The maximum absolute atomic E-state index is 12.7. The van der Waals surface area contributed by atoms with Crippen LogP contribution in [0.4, 0.5) is 17.2 Å². The molecule has 3 N–H and O–H groups in total. The summed E-state index contributed by atoms with van der Waals surface area (Å²) in [6.07, 6.45) is 5.91. The second kappa shape index (κ2) is 10.2. The normalized spacial score (nSPS) is 15.1. The molecule has 10 nitrogen and oxygen atoms in total. The number of benzene rings is 1. The number of rotatable bonds is 6. The van der Waals surface area contributed by atoms with Crippen molar-refractivity contribution in [1.82, 2.24) is 34.7 Å². The fourth-order valence-electron chi connectivity index (χ4n) is 4.29. The summed E-state index contributed by atoms with van der Waals surface area (Å²) in [6, 6.07) is 9.67. The van der Waals surface area contributed by atoms with Crippen LogP contribution in [0.3, 0.4) is 0 Å². The van der Waals surface area contributed by atoms with E-state index in [1.165, 1.54) is 6.33 Å². The summed E-state index contributed by atoms with van der Waals surface area (Å²) in [5, 5.41) is 6.48. The largest absolute Gasteiger partial charge is 0.341 e. The lowest BCUT2D eigenvalue weighted by atomic mass is 10.1. The number of aromatic nitrogens is 5. The smallest absolute Gasteiger partial charge is 0.238 e. The molecule has 0 atom stereocenters. The van der Waals surface area contributed by atoms with Crippen LogP contribution in [0, 0.1) is 6.92 Å². The van der Waals surface area contributed by atoms with Gasteiger partial charge in [0, 0.05) is 36.2 Å². The third-order valence-corrected chi connectivity index (χ3v) is 6.24. The lowest BCUT2D eigenvalue weighted by molar-refractivity contribution is -0.117. The van der Waals surface area contributed by atoms with Gasteiger partial charge in [0.1, 0.15) is 23.4 Å². The van der Waals surface area contributed by atoms with Crippen molar-refractivity contribution in [3.8, 4) is 11.3 Å². The fraction of sp³-hybridized carbons (Fsp3) is 0.320. The van der Waals surface area contributed by atoms with E-state index in [1.807, 2.05) is 37.3 Å². The first-order chi connectivity index (χ1) is 17.1. The quantitative estimate of drug-likeness (QED) is 0.393. The maximum Gasteiger partial charge on any atom is 0.238 e. The molecular weight excluding hydrogens is 442 g/mol. The SMILES string of the molecule is Cc1ccc(NC(=O)CN2CCCN(C)CC2)cc1Nc1ncccc1-c1ncnc2nc[nH]c12. The number of imidazole rings is 1. The average molecular weight is 472 g/mol. The van der Waals surface area contributed by atoms with E-state index in [0.717, 1.165) is 60.6 Å². The van der Waals surface area contributed by atoms with Crippen LogP contribution in [0.2, 0.25) is 0 Å². The summed E-state index contributed by atoms with van der Waals surface area (Å²) in [4.78, 5) is 37.8. The van der Waals surface area contributed by atoms with E-state index in [0.29, 0.717) is 23.7 Å². The van der Waals surface area contributed by atoms with E-state index in [2.05, 4.69) is 52.4 Å². The highest BCUT2D eigenvalue weighted by Crippen LogP contribution is 2.32. The molecule has 4 aromatic rings. The van der Waals surface area contributed by atoms with Crippen molar-refractivity contribution >= 4 is 34.3 Å². The van der Waals surface area contributed by atoms with Crippen LogP contribution in [0.25, 0.3) is 22.4 Å². The highest BCUT2D eigenvalue weighted by Gasteiger charge is 2.17. The van der Waals surface area contributed by atoms with Crippen LogP contribution in [0.5, 0.6) is 0 Å². The molecule has 5 rings (SSSR count). The number of fused-ring (bicyclic) bond motifs is 1. The molecule has 0 aliphatic carbocycles. The number of nitrogens with one attached hydrogen (secondary N) is 3. The molecule has 1 saturated heterocycles. The van der Waals surface area contributed by atoms with E-state index in [-0.39, 0.29) is 5.91 Å². The van der Waals surface area contributed by atoms with E-state index >= 15 is 0 Å². The number of pyridine rings is 1. The summed E-state index contributed by atoms with van der Waals surface area (Å²) in [6.45, 7) is 6.30. The molecule has 0 unspecified atom stereocenters. The summed E-state index contributed by atoms with van der Waals surface area (Å²) in [7, 11) is 2.12. The van der Waals surface area contributed by atoms with Crippen LogP contribution in [-0.4, -0.2) is 80.4 Å². The Balaban J connectivity index is 1.34. The molecule has 4 heterocycles. The van der Waals surface area contributed by atoms with Crippen molar-refractivity contribution in [2.75, 3.05) is 50.4 Å². The van der Waals surface area contributed by atoms with Gasteiger partial charge in [0.05, 0.1) is 12.9 Å². The molecule has 0 saturated carbocycles. The first-order valence-corrected chi connectivity index (χ1v) is 11.7. The Morgan fingerprint density at radius 2 is 2.00 bits per heavy atom. The van der Waals surface area contributed by atoms with Gasteiger partial charge >= 0.3 is 0 Å². The molecule has 35 heavy (non-hydrogen) atoms. The van der Waals surface area contributed by atoms with Crippen molar-refractivity contribution in [3.05, 3.63) is 54.7 Å². The van der Waals surface area contributed by atoms with Gasteiger partial charge in [-0.05, 0) is 63.3 Å². The van der Waals surface area contributed by atoms with Crippen molar-refractivity contribution in [2.45, 2.75) is 13.3 Å². The Morgan fingerprint density at radius 1 is 1.09 bits per heavy atom. The number of amides is 1. The van der Waals surface area contributed by atoms with E-state index < -0.39 is 0 Å². The Hall–Kier alpha value is -3.89. The molecule has 1 aliphatic heterocycles. The van der Waals surface area contributed by atoms with Crippen molar-refractivity contribution in [2.24, 2.45) is 0 Å². The topological polar surface area (TPSA) is 115 Å². The maximum atomic E-state index is 12.7. The van der Waals surface area contributed by atoms with E-state index in [9.17, 15) is 4.79 Å². The lowest BCUT2D eigenvalue weighted by Crippen LogP contribution is -2.35. The van der Waals surface area contributed by atoms with E-state index in [4.69, 9.17) is 0 Å². The third kappa shape index (κ3) is 5.28. The van der Waals surface area contributed by atoms with Gasteiger partial charge in [0.25, 0.3) is 0 Å². The van der Waals surface area contributed by atoms with Crippen molar-refractivity contribution in [1.29, 1.82) is 0 Å². The molecule has 0 radical (unpaired) electrons. The number of carbonyl (C=O) groups is 1. The summed E-state index contributed by atoms with van der Waals surface area (Å²) >= 11 is 0. The number of aryl methyl sites for hydroxylation is 1. The van der Waals surface area contributed by atoms with Gasteiger partial charge in [-0.1, -0.05) is 6.07 Å². The lowest BCUT2D eigenvalue weighted by Gasteiger charge is -2.20. The monoisotopic (exact) mass is 471 g/mol. The number of H-pyrrole nitrogens is 1. The molecule has 1 fully saturated rings. The predicted octanol–water partition coefficient (Wildman–Crippen LogP) is 3.04. The Labute approximate surface area is 203 Å².